The van der Waals surface area contributed by atoms with Crippen molar-refractivity contribution in [3.8, 4) is 5.75 Å². The number of nitrogens with two attached hydrogens (primary N) is 1. The molecule has 1 aliphatic heterocycles. The Labute approximate surface area is 147 Å². The lowest BCUT2D eigenvalue weighted by molar-refractivity contribution is -0.123. The fourth-order valence-electron chi connectivity index (χ4n) is 2.17. The Morgan fingerprint density at radius 3 is 2.83 bits per heavy atom. The molecule has 2 amide bonds. The van der Waals surface area contributed by atoms with Crippen LogP contribution in [0.1, 0.15) is 0 Å². The molecular weight excluding hydrogens is 355 g/mol. The Bertz CT molecular complexity index is 828. The number of ether oxygens (including phenoxy) is 1. The zero-order chi connectivity index (χ0) is 17.3. The van der Waals surface area contributed by atoms with Crippen LogP contribution in [0.2, 0.25) is 10.0 Å². The minimum absolute atomic E-state index is 0.168. The monoisotopic (exact) mass is 366 g/mol. The predicted octanol–water partition coefficient (Wildman–Crippen LogP) is 2.33. The highest BCUT2D eigenvalue weighted by Crippen LogP contribution is 2.30. The van der Waals surface area contributed by atoms with Gasteiger partial charge >= 0.3 is 0 Å². The lowest BCUT2D eigenvalue weighted by Crippen LogP contribution is -2.44. The topological polar surface area (TPSA) is 97.5 Å². The van der Waals surface area contributed by atoms with Crippen molar-refractivity contribution in [1.82, 2.24) is 4.98 Å². The zero-order valence-corrected chi connectivity index (χ0v) is 13.8. The molecule has 0 unspecified atom stereocenters. The van der Waals surface area contributed by atoms with Gasteiger partial charge in [0.1, 0.15) is 12.4 Å². The van der Waals surface area contributed by atoms with Crippen LogP contribution in [0, 0.1) is 0 Å². The second-order valence-electron chi connectivity index (χ2n) is 5.00. The normalized spacial score (nSPS) is 13.2. The standard InChI is InChI=1S/C15H12Cl2N4O3/c16-9-2-1-8(5-10(9)17)19-13(22)6-21-14(23)7-24-11-3-4-12(18)20-15(11)21/h1-5H,6-7H2,(H2,18,20)(H,19,22). The van der Waals surface area contributed by atoms with Gasteiger partial charge in [0.15, 0.2) is 18.2 Å². The van der Waals surface area contributed by atoms with Gasteiger partial charge in [0.25, 0.3) is 5.91 Å². The van der Waals surface area contributed by atoms with Crippen LogP contribution in [-0.4, -0.2) is 29.9 Å². The number of hydrogen-bond donors (Lipinski definition) is 2. The van der Waals surface area contributed by atoms with Crippen molar-refractivity contribution in [2.45, 2.75) is 0 Å². The van der Waals surface area contributed by atoms with Crippen molar-refractivity contribution in [2.24, 2.45) is 0 Å². The number of carbonyl (C=O) groups excluding carboxylic acids is 2. The van der Waals surface area contributed by atoms with E-state index in [-0.39, 0.29) is 30.7 Å². The number of amides is 2. The maximum atomic E-state index is 12.2. The van der Waals surface area contributed by atoms with Crippen LogP contribution < -0.4 is 20.7 Å². The molecule has 0 bridgehead atoms. The average Bonchev–Trinajstić information content (AvgIpc) is 2.54. The largest absolute Gasteiger partial charge is 0.480 e. The first-order chi connectivity index (χ1) is 11.4. The first-order valence-corrected chi connectivity index (χ1v) is 7.64. The minimum atomic E-state index is -0.418. The van der Waals surface area contributed by atoms with Gasteiger partial charge in [-0.25, -0.2) is 4.98 Å². The predicted molar refractivity (Wildman–Crippen MR) is 91.6 cm³/mol. The molecule has 0 saturated heterocycles. The van der Waals surface area contributed by atoms with E-state index >= 15 is 0 Å². The van der Waals surface area contributed by atoms with E-state index in [4.69, 9.17) is 33.7 Å². The number of anilines is 3. The molecule has 0 fully saturated rings. The molecule has 0 aliphatic carbocycles. The Morgan fingerprint density at radius 1 is 1.29 bits per heavy atom. The van der Waals surface area contributed by atoms with Gasteiger partial charge in [-0.15, -0.1) is 0 Å². The van der Waals surface area contributed by atoms with Crippen LogP contribution in [0.5, 0.6) is 5.75 Å². The van der Waals surface area contributed by atoms with E-state index in [0.717, 1.165) is 0 Å². The van der Waals surface area contributed by atoms with Crippen LogP contribution in [0.25, 0.3) is 0 Å². The Hall–Kier alpha value is -2.51. The third-order valence-corrected chi connectivity index (χ3v) is 4.01. The van der Waals surface area contributed by atoms with E-state index in [9.17, 15) is 9.59 Å². The molecule has 1 aromatic heterocycles. The van der Waals surface area contributed by atoms with Gasteiger partial charge in [-0.1, -0.05) is 23.2 Å². The number of aromatic nitrogens is 1. The molecule has 1 aromatic carbocycles. The molecule has 0 spiro atoms. The molecule has 7 nitrogen and oxygen atoms in total. The van der Waals surface area contributed by atoms with Gasteiger partial charge in [0.2, 0.25) is 5.91 Å². The van der Waals surface area contributed by atoms with Crippen molar-refractivity contribution in [1.29, 1.82) is 0 Å². The molecule has 2 aromatic rings. The smallest absolute Gasteiger partial charge is 0.266 e. The van der Waals surface area contributed by atoms with E-state index in [1.807, 2.05) is 0 Å². The molecule has 9 heteroatoms. The Morgan fingerprint density at radius 2 is 2.08 bits per heavy atom. The summed E-state index contributed by atoms with van der Waals surface area (Å²) in [7, 11) is 0. The highest BCUT2D eigenvalue weighted by molar-refractivity contribution is 6.42. The van der Waals surface area contributed by atoms with Crippen molar-refractivity contribution in [3.05, 3.63) is 40.4 Å². The number of nitrogen functional groups attached to an aromatic ring is 1. The lowest BCUT2D eigenvalue weighted by Gasteiger charge is -2.27. The Kier molecular flexibility index (Phi) is 4.46. The average molecular weight is 367 g/mol. The van der Waals surface area contributed by atoms with Crippen LogP contribution in [0.15, 0.2) is 30.3 Å². The number of carbonyl (C=O) groups is 2. The third kappa shape index (κ3) is 3.37. The fraction of sp³-hybridized carbons (Fsp3) is 0.133. The van der Waals surface area contributed by atoms with Crippen molar-refractivity contribution >= 4 is 52.3 Å². The van der Waals surface area contributed by atoms with E-state index in [0.29, 0.717) is 21.5 Å². The zero-order valence-electron chi connectivity index (χ0n) is 12.3. The van der Waals surface area contributed by atoms with Gasteiger partial charge in [-0.2, -0.15) is 0 Å². The number of halogens is 2. The second kappa shape index (κ2) is 6.54. The summed E-state index contributed by atoms with van der Waals surface area (Å²) >= 11 is 11.7. The van der Waals surface area contributed by atoms with Crippen LogP contribution in [-0.2, 0) is 9.59 Å². The molecule has 124 valence electrons. The summed E-state index contributed by atoms with van der Waals surface area (Å²) in [4.78, 5) is 29.6. The van der Waals surface area contributed by atoms with E-state index in [1.165, 1.54) is 11.0 Å². The number of nitrogens with zero attached hydrogens (tertiary/aromatic N) is 2. The molecule has 3 rings (SSSR count). The summed E-state index contributed by atoms with van der Waals surface area (Å²) in [6.07, 6.45) is 0. The van der Waals surface area contributed by atoms with Gasteiger partial charge < -0.3 is 15.8 Å². The molecule has 0 atom stereocenters. The molecule has 0 saturated carbocycles. The number of benzene rings is 1. The van der Waals surface area contributed by atoms with Crippen LogP contribution in [0.3, 0.4) is 0 Å². The maximum absolute atomic E-state index is 12.2. The van der Waals surface area contributed by atoms with E-state index < -0.39 is 5.91 Å². The van der Waals surface area contributed by atoms with Crippen molar-refractivity contribution in [3.63, 3.8) is 0 Å². The summed E-state index contributed by atoms with van der Waals surface area (Å²) in [6, 6.07) is 7.86. The lowest BCUT2D eigenvalue weighted by atomic mass is 10.3. The fourth-order valence-corrected chi connectivity index (χ4v) is 2.47. The highest BCUT2D eigenvalue weighted by Gasteiger charge is 2.29. The molecule has 0 radical (unpaired) electrons. The number of nitrogens with one attached hydrogen (secondary N) is 1. The van der Waals surface area contributed by atoms with E-state index in [2.05, 4.69) is 10.3 Å². The third-order valence-electron chi connectivity index (χ3n) is 3.27. The number of hydrogen-bond acceptors (Lipinski definition) is 5. The first kappa shape index (κ1) is 16.4. The maximum Gasteiger partial charge on any atom is 0.266 e. The highest BCUT2D eigenvalue weighted by atomic mass is 35.5. The molecular formula is C15H12Cl2N4O3. The SMILES string of the molecule is Nc1ccc2c(n1)N(CC(=O)Nc1ccc(Cl)c(Cl)c1)C(=O)CO2. The van der Waals surface area contributed by atoms with Gasteiger partial charge in [-0.3, -0.25) is 14.5 Å². The quantitative estimate of drug-likeness (QED) is 0.868. The summed E-state index contributed by atoms with van der Waals surface area (Å²) in [5, 5.41) is 3.35. The Balaban J connectivity index is 1.77. The van der Waals surface area contributed by atoms with Crippen LogP contribution >= 0.6 is 23.2 Å². The van der Waals surface area contributed by atoms with Gasteiger partial charge in [0, 0.05) is 5.69 Å². The number of rotatable bonds is 3. The summed E-state index contributed by atoms with van der Waals surface area (Å²) in [5.41, 5.74) is 6.11. The van der Waals surface area contributed by atoms with Crippen molar-refractivity contribution < 1.29 is 14.3 Å². The van der Waals surface area contributed by atoms with Gasteiger partial charge in [-0.05, 0) is 30.3 Å². The minimum Gasteiger partial charge on any atom is -0.480 e. The molecule has 3 N–H and O–H groups in total. The molecule has 2 heterocycles. The summed E-state index contributed by atoms with van der Waals surface area (Å²) < 4.78 is 5.28. The molecule has 24 heavy (non-hydrogen) atoms. The van der Waals surface area contributed by atoms with Crippen molar-refractivity contribution in [2.75, 3.05) is 29.1 Å². The molecule has 1 aliphatic rings. The second-order valence-corrected chi connectivity index (χ2v) is 5.82. The number of pyridine rings is 1. The summed E-state index contributed by atoms with van der Waals surface area (Å²) in [6.45, 7) is -0.398. The number of fused-ring (bicyclic) bond motifs is 1. The summed E-state index contributed by atoms with van der Waals surface area (Å²) in [5.74, 6) is 0.0346. The van der Waals surface area contributed by atoms with Crippen LogP contribution in [0.4, 0.5) is 17.3 Å². The van der Waals surface area contributed by atoms with E-state index in [1.54, 1.807) is 24.3 Å². The van der Waals surface area contributed by atoms with Gasteiger partial charge in [0.05, 0.1) is 10.0 Å². The first-order valence-electron chi connectivity index (χ1n) is 6.88.